The molecular weight excluding hydrogens is 267 g/mol. The van der Waals surface area contributed by atoms with E-state index in [2.05, 4.69) is 26.0 Å². The molecule has 15 heavy (non-hydrogen) atoms. The van der Waals surface area contributed by atoms with Crippen LogP contribution in [0.25, 0.3) is 0 Å². The molecule has 0 nitrogen and oxygen atoms in total. The van der Waals surface area contributed by atoms with E-state index in [9.17, 15) is 0 Å². The van der Waals surface area contributed by atoms with Crippen molar-refractivity contribution in [3.8, 4) is 0 Å². The molecule has 0 bridgehead atoms. The zero-order chi connectivity index (χ0) is 11.5. The Labute approximate surface area is 107 Å². The van der Waals surface area contributed by atoms with Crippen LogP contribution in [0.1, 0.15) is 25.3 Å². The van der Waals surface area contributed by atoms with E-state index >= 15 is 0 Å². The topological polar surface area (TPSA) is 0 Å². The minimum absolute atomic E-state index is 0.352. The molecule has 4 heteroatoms. The van der Waals surface area contributed by atoms with Crippen LogP contribution in [0.4, 0.5) is 0 Å². The van der Waals surface area contributed by atoms with Gasteiger partial charge in [-0.05, 0) is 23.4 Å². The maximum absolute atomic E-state index is 5.99. The fraction of sp³-hybridized carbons (Fsp3) is 0.455. The molecule has 0 radical (unpaired) electrons. The third-order valence-corrected chi connectivity index (χ3v) is 4.78. The average Bonchev–Trinajstić information content (AvgIpc) is 2.14. The summed E-state index contributed by atoms with van der Waals surface area (Å²) in [5.41, 5.74) is 1.27. The molecule has 1 unspecified atom stereocenters. The molecule has 0 aliphatic heterocycles. The van der Waals surface area contributed by atoms with E-state index in [4.69, 9.17) is 33.2 Å². The van der Waals surface area contributed by atoms with Crippen LogP contribution >= 0.6 is 33.2 Å². The smallest absolute Gasteiger partial charge is 0.126 e. The second kappa shape index (κ2) is 5.58. The van der Waals surface area contributed by atoms with Crippen molar-refractivity contribution >= 4 is 39.2 Å². The fourth-order valence-electron chi connectivity index (χ4n) is 1.69. The van der Waals surface area contributed by atoms with Crippen molar-refractivity contribution in [2.75, 3.05) is 0 Å². The van der Waals surface area contributed by atoms with Crippen molar-refractivity contribution in [3.05, 3.63) is 35.9 Å². The summed E-state index contributed by atoms with van der Waals surface area (Å²) in [5.74, 6) is 0.848. The number of hydrogen-bond donors (Lipinski definition) is 0. The predicted molar refractivity (Wildman–Crippen MR) is 72.1 cm³/mol. The first-order valence-corrected chi connectivity index (χ1v) is 10.3. The van der Waals surface area contributed by atoms with Gasteiger partial charge in [0.25, 0.3) is 0 Å². The summed E-state index contributed by atoms with van der Waals surface area (Å²) in [6, 6.07) is 8.43. The van der Waals surface area contributed by atoms with E-state index < -0.39 is 6.00 Å². The lowest BCUT2D eigenvalue weighted by molar-refractivity contribution is 0.533. The Bertz CT molecular complexity index is 292. The van der Waals surface area contributed by atoms with Gasteiger partial charge in [0.05, 0.1) is 0 Å². The molecular formula is C11H15Cl3Si. The molecule has 0 saturated heterocycles. The molecule has 0 aliphatic carbocycles. The second-order valence-electron chi connectivity index (χ2n) is 4.08. The Kier molecular flexibility index (Phi) is 4.97. The third kappa shape index (κ3) is 4.77. The fourth-order valence-corrected chi connectivity index (χ4v) is 4.39. The molecule has 0 fully saturated rings. The molecule has 1 rings (SSSR count). The highest BCUT2D eigenvalue weighted by Crippen LogP contribution is 2.38. The predicted octanol–water partition coefficient (Wildman–Crippen LogP) is 5.08. The lowest BCUT2D eigenvalue weighted by Gasteiger charge is -2.23. The minimum Gasteiger partial charge on any atom is -0.126 e. The van der Waals surface area contributed by atoms with Gasteiger partial charge in [0, 0.05) is 0 Å². The van der Waals surface area contributed by atoms with Gasteiger partial charge in [0.1, 0.15) is 0 Å². The van der Waals surface area contributed by atoms with Crippen LogP contribution in [0, 0.1) is 5.92 Å². The minimum atomic E-state index is -2.55. The lowest BCUT2D eigenvalue weighted by atomic mass is 9.90. The first-order valence-electron chi connectivity index (χ1n) is 5.02. The molecule has 0 heterocycles. The largest absolute Gasteiger partial charge is 0.342 e. The molecule has 84 valence electrons. The SMILES string of the molecule is CC(C)C(C[Si](Cl)(Cl)Cl)c1ccccc1. The third-order valence-electron chi connectivity index (χ3n) is 2.48. The van der Waals surface area contributed by atoms with Crippen LogP contribution in [0.5, 0.6) is 0 Å². The van der Waals surface area contributed by atoms with Crippen LogP contribution in [0.2, 0.25) is 6.04 Å². The van der Waals surface area contributed by atoms with Gasteiger partial charge in [-0.25, -0.2) is 0 Å². The molecule has 0 amide bonds. The number of rotatable bonds is 4. The molecule has 0 aliphatic rings. The van der Waals surface area contributed by atoms with Crippen LogP contribution < -0.4 is 0 Å². The zero-order valence-electron chi connectivity index (χ0n) is 8.88. The first-order chi connectivity index (χ1) is 6.90. The van der Waals surface area contributed by atoms with Crippen molar-refractivity contribution in [1.82, 2.24) is 0 Å². The van der Waals surface area contributed by atoms with Gasteiger partial charge in [-0.1, -0.05) is 44.2 Å². The number of hydrogen-bond acceptors (Lipinski definition) is 0. The van der Waals surface area contributed by atoms with Gasteiger partial charge in [-0.3, -0.25) is 0 Å². The maximum atomic E-state index is 5.99. The Morgan fingerprint density at radius 2 is 1.60 bits per heavy atom. The Hall–Kier alpha value is 0.307. The normalized spacial score (nSPS) is 14.3. The quantitative estimate of drug-likeness (QED) is 0.533. The van der Waals surface area contributed by atoms with Gasteiger partial charge in [0.15, 0.2) is 0 Å². The summed E-state index contributed by atoms with van der Waals surface area (Å²) in [5, 5.41) is 0. The van der Waals surface area contributed by atoms with Gasteiger partial charge in [-0.2, -0.15) is 0 Å². The highest BCUT2D eigenvalue weighted by molar-refractivity contribution is 7.64. The maximum Gasteiger partial charge on any atom is 0.342 e. The standard InChI is InChI=1S/C11H15Cl3Si/c1-9(2)11(8-15(12,13)14)10-6-4-3-5-7-10/h3-7,9,11H,8H2,1-2H3. The van der Waals surface area contributed by atoms with Gasteiger partial charge in [0.2, 0.25) is 0 Å². The highest BCUT2D eigenvalue weighted by atomic mass is 35.8. The summed E-state index contributed by atoms with van der Waals surface area (Å²) in [7, 11) is 0. The van der Waals surface area contributed by atoms with E-state index in [0.29, 0.717) is 17.9 Å². The molecule has 0 aromatic heterocycles. The van der Waals surface area contributed by atoms with Crippen LogP contribution in [0.3, 0.4) is 0 Å². The van der Waals surface area contributed by atoms with Crippen LogP contribution in [-0.4, -0.2) is 6.00 Å². The number of halogens is 3. The van der Waals surface area contributed by atoms with E-state index in [1.54, 1.807) is 0 Å². The number of benzene rings is 1. The van der Waals surface area contributed by atoms with Gasteiger partial charge in [-0.15, -0.1) is 33.2 Å². The molecule has 0 spiro atoms. The summed E-state index contributed by atoms with van der Waals surface area (Å²) in [6.07, 6.45) is 0. The molecule has 1 aromatic rings. The average molecular weight is 282 g/mol. The van der Waals surface area contributed by atoms with Crippen molar-refractivity contribution in [2.45, 2.75) is 25.8 Å². The Balaban J connectivity index is 2.85. The van der Waals surface area contributed by atoms with Crippen LogP contribution in [0.15, 0.2) is 30.3 Å². The Morgan fingerprint density at radius 3 is 2.00 bits per heavy atom. The monoisotopic (exact) mass is 280 g/mol. The highest BCUT2D eigenvalue weighted by Gasteiger charge is 2.31. The van der Waals surface area contributed by atoms with Gasteiger partial charge >= 0.3 is 6.00 Å². The molecule has 0 N–H and O–H groups in total. The van der Waals surface area contributed by atoms with E-state index in [0.717, 1.165) is 0 Å². The molecule has 1 aromatic carbocycles. The van der Waals surface area contributed by atoms with Crippen LogP contribution in [-0.2, 0) is 0 Å². The Morgan fingerprint density at radius 1 is 1.07 bits per heavy atom. The molecule has 0 saturated carbocycles. The molecule has 1 atom stereocenters. The first kappa shape index (κ1) is 13.4. The van der Waals surface area contributed by atoms with E-state index in [-0.39, 0.29) is 0 Å². The summed E-state index contributed by atoms with van der Waals surface area (Å²) in [6.45, 7) is 4.34. The zero-order valence-corrected chi connectivity index (χ0v) is 12.2. The summed E-state index contributed by atoms with van der Waals surface area (Å²) < 4.78 is 0. The van der Waals surface area contributed by atoms with Gasteiger partial charge < -0.3 is 0 Å². The lowest BCUT2D eigenvalue weighted by Crippen LogP contribution is -2.18. The van der Waals surface area contributed by atoms with E-state index in [1.165, 1.54) is 5.56 Å². The summed E-state index contributed by atoms with van der Waals surface area (Å²) in [4.78, 5) is 0. The van der Waals surface area contributed by atoms with E-state index in [1.807, 2.05) is 18.2 Å². The van der Waals surface area contributed by atoms with Crippen molar-refractivity contribution in [2.24, 2.45) is 5.92 Å². The van der Waals surface area contributed by atoms with Crippen molar-refractivity contribution < 1.29 is 0 Å². The summed E-state index contributed by atoms with van der Waals surface area (Å²) >= 11 is 18.0. The van der Waals surface area contributed by atoms with Crippen molar-refractivity contribution in [1.29, 1.82) is 0 Å². The van der Waals surface area contributed by atoms with Crippen molar-refractivity contribution in [3.63, 3.8) is 0 Å². The second-order valence-corrected chi connectivity index (χ2v) is 13.3.